The zero-order valence-corrected chi connectivity index (χ0v) is 12.8. The zero-order valence-electron chi connectivity index (χ0n) is 12.8. The lowest BCUT2D eigenvalue weighted by Crippen LogP contribution is -2.10. The van der Waals surface area contributed by atoms with Crippen LogP contribution < -0.4 is 5.32 Å². The molecule has 0 fully saturated rings. The van der Waals surface area contributed by atoms with Crippen molar-refractivity contribution in [2.45, 2.75) is 33.0 Å². The third-order valence-electron chi connectivity index (χ3n) is 3.31. The van der Waals surface area contributed by atoms with E-state index in [0.717, 1.165) is 18.8 Å². The minimum atomic E-state index is 0.259. The molecule has 0 saturated carbocycles. The molecule has 1 N–H and O–H groups in total. The third-order valence-corrected chi connectivity index (χ3v) is 3.31. The fourth-order valence-corrected chi connectivity index (χ4v) is 2.18. The highest BCUT2D eigenvalue weighted by Gasteiger charge is 2.07. The number of hydrogen-bond donors (Lipinski definition) is 1. The van der Waals surface area contributed by atoms with Gasteiger partial charge in [-0.05, 0) is 45.6 Å². The van der Waals surface area contributed by atoms with E-state index in [1.165, 1.54) is 11.1 Å². The summed E-state index contributed by atoms with van der Waals surface area (Å²) in [5.41, 5.74) is 3.68. The number of hydrogen-bond acceptors (Lipinski definition) is 3. The maximum atomic E-state index is 4.32. The van der Waals surface area contributed by atoms with Crippen molar-refractivity contribution in [3.63, 3.8) is 0 Å². The first-order valence-corrected chi connectivity index (χ1v) is 7.11. The molecule has 1 atom stereocenters. The molecule has 0 aliphatic heterocycles. The van der Waals surface area contributed by atoms with Crippen molar-refractivity contribution < 1.29 is 0 Å². The van der Waals surface area contributed by atoms with E-state index < -0.39 is 0 Å². The van der Waals surface area contributed by atoms with E-state index in [2.05, 4.69) is 73.7 Å². The van der Waals surface area contributed by atoms with Gasteiger partial charge in [0.2, 0.25) is 0 Å². The molecule has 0 bridgehead atoms. The second-order valence-corrected chi connectivity index (χ2v) is 5.43. The van der Waals surface area contributed by atoms with E-state index in [9.17, 15) is 0 Å². The molecule has 20 heavy (non-hydrogen) atoms. The van der Waals surface area contributed by atoms with Gasteiger partial charge in [0.1, 0.15) is 0 Å². The number of aromatic nitrogens is 2. The van der Waals surface area contributed by atoms with Crippen molar-refractivity contribution >= 4 is 5.69 Å². The van der Waals surface area contributed by atoms with E-state index in [4.69, 9.17) is 0 Å². The lowest BCUT2D eigenvalue weighted by Gasteiger charge is -2.15. The molecule has 0 aliphatic rings. The van der Waals surface area contributed by atoms with Crippen LogP contribution in [-0.2, 0) is 13.1 Å². The van der Waals surface area contributed by atoms with Crippen molar-refractivity contribution in [1.29, 1.82) is 0 Å². The quantitative estimate of drug-likeness (QED) is 0.877. The first-order chi connectivity index (χ1) is 9.58. The van der Waals surface area contributed by atoms with Crippen LogP contribution in [0.4, 0.5) is 5.69 Å². The number of nitrogens with one attached hydrogen (secondary N) is 1. The van der Waals surface area contributed by atoms with Gasteiger partial charge < -0.3 is 10.2 Å². The largest absolute Gasteiger partial charge is 0.378 e. The van der Waals surface area contributed by atoms with Gasteiger partial charge in [-0.15, -0.1) is 0 Å². The Hall–Kier alpha value is -1.81. The molecule has 0 spiro atoms. The van der Waals surface area contributed by atoms with Crippen molar-refractivity contribution in [3.8, 4) is 0 Å². The monoisotopic (exact) mass is 272 g/mol. The standard InChI is InChI=1S/C16H24N4/c1-5-20-12-15(10-17-20)13(2)18-16-8-6-14(7-9-16)11-19(3)4/h6-10,12-13,18H,5,11H2,1-4H3. The maximum Gasteiger partial charge on any atom is 0.0542 e. The van der Waals surface area contributed by atoms with E-state index in [0.29, 0.717) is 0 Å². The minimum Gasteiger partial charge on any atom is -0.378 e. The first kappa shape index (κ1) is 14.6. The van der Waals surface area contributed by atoms with Crippen LogP contribution in [0.1, 0.15) is 31.0 Å². The molecule has 1 aromatic heterocycles. The highest BCUT2D eigenvalue weighted by atomic mass is 15.3. The summed E-state index contributed by atoms with van der Waals surface area (Å²) >= 11 is 0. The Morgan fingerprint density at radius 1 is 1.25 bits per heavy atom. The van der Waals surface area contributed by atoms with Crippen LogP contribution >= 0.6 is 0 Å². The van der Waals surface area contributed by atoms with Crippen LogP contribution in [0, 0.1) is 0 Å². The molecule has 108 valence electrons. The van der Waals surface area contributed by atoms with Crippen molar-refractivity contribution in [1.82, 2.24) is 14.7 Å². The smallest absolute Gasteiger partial charge is 0.0542 e. The van der Waals surface area contributed by atoms with Crippen LogP contribution in [0.3, 0.4) is 0 Å². The number of rotatable bonds is 6. The van der Waals surface area contributed by atoms with E-state index >= 15 is 0 Å². The number of anilines is 1. The average Bonchev–Trinajstić information content (AvgIpc) is 2.89. The lowest BCUT2D eigenvalue weighted by atomic mass is 10.1. The van der Waals surface area contributed by atoms with Gasteiger partial charge in [0.05, 0.1) is 12.2 Å². The fourth-order valence-electron chi connectivity index (χ4n) is 2.18. The Labute approximate surface area is 121 Å². The van der Waals surface area contributed by atoms with Gasteiger partial charge >= 0.3 is 0 Å². The molecule has 0 amide bonds. The predicted octanol–water partition coefficient (Wildman–Crippen LogP) is 3.14. The number of aryl methyl sites for hydroxylation is 1. The zero-order chi connectivity index (χ0) is 14.5. The molecule has 2 aromatic rings. The van der Waals surface area contributed by atoms with Crippen molar-refractivity contribution in [2.24, 2.45) is 0 Å². The van der Waals surface area contributed by atoms with E-state index in [1.54, 1.807) is 0 Å². The van der Waals surface area contributed by atoms with Crippen molar-refractivity contribution in [3.05, 3.63) is 47.8 Å². The molecule has 0 saturated heterocycles. The van der Waals surface area contributed by atoms with Gasteiger partial charge in [0.15, 0.2) is 0 Å². The topological polar surface area (TPSA) is 33.1 Å². The Bertz CT molecular complexity index is 528. The normalized spacial score (nSPS) is 12.7. The molecule has 4 heteroatoms. The maximum absolute atomic E-state index is 4.32. The Balaban J connectivity index is 1.98. The molecule has 1 aromatic carbocycles. The summed E-state index contributed by atoms with van der Waals surface area (Å²) in [4.78, 5) is 2.17. The SMILES string of the molecule is CCn1cc(C(C)Nc2ccc(CN(C)C)cc2)cn1. The van der Waals surface area contributed by atoms with Crippen LogP contribution in [0.25, 0.3) is 0 Å². The molecule has 1 unspecified atom stereocenters. The summed E-state index contributed by atoms with van der Waals surface area (Å²) in [5.74, 6) is 0. The number of nitrogens with zero attached hydrogens (tertiary/aromatic N) is 3. The molecule has 0 aliphatic carbocycles. The molecule has 2 rings (SSSR count). The number of benzene rings is 1. The Morgan fingerprint density at radius 3 is 2.50 bits per heavy atom. The summed E-state index contributed by atoms with van der Waals surface area (Å²) in [5, 5.41) is 7.82. The summed E-state index contributed by atoms with van der Waals surface area (Å²) in [6, 6.07) is 8.88. The average molecular weight is 272 g/mol. The first-order valence-electron chi connectivity index (χ1n) is 7.11. The van der Waals surface area contributed by atoms with Gasteiger partial charge in [0, 0.05) is 30.5 Å². The van der Waals surface area contributed by atoms with Crippen molar-refractivity contribution in [2.75, 3.05) is 19.4 Å². The van der Waals surface area contributed by atoms with E-state index in [-0.39, 0.29) is 6.04 Å². The second kappa shape index (κ2) is 6.57. The van der Waals surface area contributed by atoms with Gasteiger partial charge in [0.25, 0.3) is 0 Å². The van der Waals surface area contributed by atoms with Crippen LogP contribution in [0.5, 0.6) is 0 Å². The fraction of sp³-hybridized carbons (Fsp3) is 0.438. The second-order valence-electron chi connectivity index (χ2n) is 5.43. The molecule has 0 radical (unpaired) electrons. The van der Waals surface area contributed by atoms with Crippen LogP contribution in [0.2, 0.25) is 0 Å². The molecular weight excluding hydrogens is 248 g/mol. The lowest BCUT2D eigenvalue weighted by molar-refractivity contribution is 0.402. The van der Waals surface area contributed by atoms with Gasteiger partial charge in [-0.3, -0.25) is 4.68 Å². The van der Waals surface area contributed by atoms with E-state index in [1.807, 2.05) is 10.9 Å². The summed E-state index contributed by atoms with van der Waals surface area (Å²) < 4.78 is 1.95. The van der Waals surface area contributed by atoms with Gasteiger partial charge in [-0.1, -0.05) is 12.1 Å². The van der Waals surface area contributed by atoms with Crippen LogP contribution in [0.15, 0.2) is 36.7 Å². The molecular formula is C16H24N4. The summed E-state index contributed by atoms with van der Waals surface area (Å²) in [7, 11) is 4.17. The Kier molecular flexibility index (Phi) is 4.79. The molecule has 4 nitrogen and oxygen atoms in total. The highest BCUT2D eigenvalue weighted by Crippen LogP contribution is 2.19. The highest BCUT2D eigenvalue weighted by molar-refractivity contribution is 5.46. The van der Waals surface area contributed by atoms with Crippen LogP contribution in [-0.4, -0.2) is 28.8 Å². The molecule has 1 heterocycles. The predicted molar refractivity (Wildman–Crippen MR) is 83.8 cm³/mol. The van der Waals surface area contributed by atoms with Gasteiger partial charge in [-0.2, -0.15) is 5.10 Å². The summed E-state index contributed by atoms with van der Waals surface area (Å²) in [6.45, 7) is 6.13. The summed E-state index contributed by atoms with van der Waals surface area (Å²) in [6.07, 6.45) is 4.03. The third kappa shape index (κ3) is 3.84. The Morgan fingerprint density at radius 2 is 1.95 bits per heavy atom. The minimum absolute atomic E-state index is 0.259. The van der Waals surface area contributed by atoms with Gasteiger partial charge in [-0.25, -0.2) is 0 Å².